The quantitative estimate of drug-likeness (QED) is 0.832. The molecular weight excluding hydrogens is 205 g/mol. The Bertz CT molecular complexity index is 359. The third kappa shape index (κ3) is 2.25. The molecule has 0 spiro atoms. The van der Waals surface area contributed by atoms with E-state index in [0.29, 0.717) is 18.7 Å². The molecule has 1 saturated heterocycles. The minimum absolute atomic E-state index is 0.0295. The average molecular weight is 223 g/mol. The number of halogens is 1. The molecule has 1 aliphatic rings. The first kappa shape index (κ1) is 11.6. The van der Waals surface area contributed by atoms with Crippen molar-refractivity contribution < 1.29 is 9.13 Å². The van der Waals surface area contributed by atoms with Crippen LogP contribution < -0.4 is 5.32 Å². The van der Waals surface area contributed by atoms with Crippen LogP contribution in [0.4, 0.5) is 4.39 Å². The SMILES string of the molecule is CCC1(C)COC(c2ccccc2F)CN1. The van der Waals surface area contributed by atoms with Crippen LogP contribution in [0.2, 0.25) is 0 Å². The maximum Gasteiger partial charge on any atom is 0.129 e. The predicted molar refractivity (Wildman–Crippen MR) is 61.8 cm³/mol. The zero-order chi connectivity index (χ0) is 11.6. The highest BCUT2D eigenvalue weighted by Gasteiger charge is 2.31. The van der Waals surface area contributed by atoms with Gasteiger partial charge in [0.05, 0.1) is 12.7 Å². The lowest BCUT2D eigenvalue weighted by Crippen LogP contribution is -2.52. The summed E-state index contributed by atoms with van der Waals surface area (Å²) in [6.45, 7) is 5.55. The monoisotopic (exact) mass is 223 g/mol. The van der Waals surface area contributed by atoms with Gasteiger partial charge in [-0.1, -0.05) is 25.1 Å². The van der Waals surface area contributed by atoms with Crippen molar-refractivity contribution in [1.29, 1.82) is 0 Å². The Kier molecular flexibility index (Phi) is 3.26. The van der Waals surface area contributed by atoms with Crippen molar-refractivity contribution in [2.24, 2.45) is 0 Å². The molecule has 1 aliphatic heterocycles. The van der Waals surface area contributed by atoms with E-state index in [1.54, 1.807) is 12.1 Å². The molecule has 1 aromatic rings. The summed E-state index contributed by atoms with van der Waals surface area (Å²) in [5.41, 5.74) is 0.676. The number of nitrogens with one attached hydrogen (secondary N) is 1. The highest BCUT2D eigenvalue weighted by Crippen LogP contribution is 2.26. The summed E-state index contributed by atoms with van der Waals surface area (Å²) in [4.78, 5) is 0. The third-order valence-electron chi connectivity index (χ3n) is 3.35. The molecule has 1 N–H and O–H groups in total. The van der Waals surface area contributed by atoms with Crippen LogP contribution in [0, 0.1) is 5.82 Å². The molecule has 3 heteroatoms. The van der Waals surface area contributed by atoms with Gasteiger partial charge < -0.3 is 10.1 Å². The van der Waals surface area contributed by atoms with Crippen LogP contribution in [-0.2, 0) is 4.74 Å². The molecule has 16 heavy (non-hydrogen) atoms. The number of benzene rings is 1. The Morgan fingerprint density at radius 1 is 1.50 bits per heavy atom. The molecule has 1 heterocycles. The largest absolute Gasteiger partial charge is 0.370 e. The van der Waals surface area contributed by atoms with Gasteiger partial charge in [0.2, 0.25) is 0 Å². The normalized spacial score (nSPS) is 30.3. The van der Waals surface area contributed by atoms with E-state index in [-0.39, 0.29) is 17.5 Å². The van der Waals surface area contributed by atoms with E-state index in [0.717, 1.165) is 6.42 Å². The maximum atomic E-state index is 13.5. The molecule has 0 bridgehead atoms. The molecule has 0 radical (unpaired) electrons. The van der Waals surface area contributed by atoms with E-state index in [1.165, 1.54) is 6.07 Å². The van der Waals surface area contributed by atoms with Crippen LogP contribution in [0.5, 0.6) is 0 Å². The van der Waals surface area contributed by atoms with Gasteiger partial charge in [0.25, 0.3) is 0 Å². The summed E-state index contributed by atoms with van der Waals surface area (Å²) in [5, 5.41) is 3.43. The lowest BCUT2D eigenvalue weighted by atomic mass is 9.96. The van der Waals surface area contributed by atoms with Crippen LogP contribution in [0.25, 0.3) is 0 Å². The smallest absolute Gasteiger partial charge is 0.129 e. The number of hydrogen-bond acceptors (Lipinski definition) is 2. The molecule has 2 nitrogen and oxygen atoms in total. The van der Waals surface area contributed by atoms with Gasteiger partial charge in [-0.15, -0.1) is 0 Å². The summed E-state index contributed by atoms with van der Waals surface area (Å²) in [6.07, 6.45) is 0.845. The van der Waals surface area contributed by atoms with Crippen LogP contribution in [0.3, 0.4) is 0 Å². The van der Waals surface area contributed by atoms with E-state index in [9.17, 15) is 4.39 Å². The highest BCUT2D eigenvalue weighted by molar-refractivity contribution is 5.21. The molecule has 0 aromatic heterocycles. The first-order valence-corrected chi connectivity index (χ1v) is 5.76. The molecule has 88 valence electrons. The molecule has 0 amide bonds. The van der Waals surface area contributed by atoms with Gasteiger partial charge in [-0.05, 0) is 19.4 Å². The second kappa shape index (κ2) is 4.52. The Hall–Kier alpha value is -0.930. The van der Waals surface area contributed by atoms with Gasteiger partial charge in [-0.3, -0.25) is 0 Å². The van der Waals surface area contributed by atoms with Crippen LogP contribution in [0.15, 0.2) is 24.3 Å². The van der Waals surface area contributed by atoms with Crippen LogP contribution in [-0.4, -0.2) is 18.7 Å². The molecule has 1 aromatic carbocycles. The summed E-state index contributed by atoms with van der Waals surface area (Å²) in [5.74, 6) is -0.186. The predicted octanol–water partition coefficient (Wildman–Crippen LogP) is 2.66. The minimum Gasteiger partial charge on any atom is -0.370 e. The minimum atomic E-state index is -0.186. The zero-order valence-electron chi connectivity index (χ0n) is 9.79. The van der Waals surface area contributed by atoms with Crippen molar-refractivity contribution in [3.8, 4) is 0 Å². The van der Waals surface area contributed by atoms with Crippen molar-refractivity contribution in [2.45, 2.75) is 31.9 Å². The van der Waals surface area contributed by atoms with Crippen molar-refractivity contribution >= 4 is 0 Å². The molecular formula is C13H18FNO. The Labute approximate surface area is 95.8 Å². The highest BCUT2D eigenvalue weighted by atomic mass is 19.1. The fraction of sp³-hybridized carbons (Fsp3) is 0.538. The molecule has 0 aliphatic carbocycles. The molecule has 2 rings (SSSR count). The summed E-state index contributed by atoms with van der Waals surface area (Å²) in [6, 6.07) is 6.81. The first-order valence-electron chi connectivity index (χ1n) is 5.76. The van der Waals surface area contributed by atoms with Gasteiger partial charge in [-0.25, -0.2) is 4.39 Å². The van der Waals surface area contributed by atoms with Gasteiger partial charge in [0.15, 0.2) is 0 Å². The van der Waals surface area contributed by atoms with Crippen molar-refractivity contribution in [3.05, 3.63) is 35.6 Å². The van der Waals surface area contributed by atoms with E-state index in [1.807, 2.05) is 6.07 Å². The number of ether oxygens (including phenoxy) is 1. The Morgan fingerprint density at radius 3 is 2.81 bits per heavy atom. The maximum absolute atomic E-state index is 13.5. The lowest BCUT2D eigenvalue weighted by molar-refractivity contribution is -0.0314. The van der Waals surface area contributed by atoms with Crippen LogP contribution >= 0.6 is 0 Å². The summed E-state index contributed by atoms with van der Waals surface area (Å²) in [7, 11) is 0. The Balaban J connectivity index is 2.07. The summed E-state index contributed by atoms with van der Waals surface area (Å²) >= 11 is 0. The average Bonchev–Trinajstić information content (AvgIpc) is 2.31. The van der Waals surface area contributed by atoms with E-state index >= 15 is 0 Å². The van der Waals surface area contributed by atoms with Gasteiger partial charge in [-0.2, -0.15) is 0 Å². The number of morpholine rings is 1. The van der Waals surface area contributed by atoms with E-state index in [4.69, 9.17) is 4.74 Å². The molecule has 2 unspecified atom stereocenters. The van der Waals surface area contributed by atoms with Gasteiger partial charge >= 0.3 is 0 Å². The first-order chi connectivity index (χ1) is 7.64. The number of hydrogen-bond donors (Lipinski definition) is 1. The zero-order valence-corrected chi connectivity index (χ0v) is 9.79. The Morgan fingerprint density at radius 2 is 2.25 bits per heavy atom. The fourth-order valence-electron chi connectivity index (χ4n) is 1.90. The van der Waals surface area contributed by atoms with E-state index < -0.39 is 0 Å². The fourth-order valence-corrected chi connectivity index (χ4v) is 1.90. The van der Waals surface area contributed by atoms with Gasteiger partial charge in [0, 0.05) is 17.6 Å². The molecule has 2 atom stereocenters. The topological polar surface area (TPSA) is 21.3 Å². The standard InChI is InChI=1S/C13H18FNO/c1-3-13(2)9-16-12(8-15-13)10-6-4-5-7-11(10)14/h4-7,12,15H,3,8-9H2,1-2H3. The second-order valence-corrected chi connectivity index (χ2v) is 4.62. The number of rotatable bonds is 2. The molecule has 0 saturated carbocycles. The van der Waals surface area contributed by atoms with Crippen molar-refractivity contribution in [1.82, 2.24) is 5.32 Å². The summed E-state index contributed by atoms with van der Waals surface area (Å²) < 4.78 is 19.3. The van der Waals surface area contributed by atoms with Crippen molar-refractivity contribution in [3.63, 3.8) is 0 Å². The third-order valence-corrected chi connectivity index (χ3v) is 3.35. The van der Waals surface area contributed by atoms with Crippen LogP contribution in [0.1, 0.15) is 31.9 Å². The molecule has 1 fully saturated rings. The van der Waals surface area contributed by atoms with Gasteiger partial charge in [0.1, 0.15) is 5.82 Å². The van der Waals surface area contributed by atoms with E-state index in [2.05, 4.69) is 19.2 Å². The van der Waals surface area contributed by atoms with Crippen molar-refractivity contribution in [2.75, 3.05) is 13.2 Å². The lowest BCUT2D eigenvalue weighted by Gasteiger charge is -2.38. The second-order valence-electron chi connectivity index (χ2n) is 4.62.